The van der Waals surface area contributed by atoms with E-state index in [0.717, 1.165) is 10.0 Å². The van der Waals surface area contributed by atoms with Crippen LogP contribution >= 0.6 is 27.5 Å². The van der Waals surface area contributed by atoms with Crippen molar-refractivity contribution in [3.63, 3.8) is 0 Å². The molecule has 2 rings (SSSR count). The summed E-state index contributed by atoms with van der Waals surface area (Å²) in [6.07, 6.45) is 0. The predicted octanol–water partition coefficient (Wildman–Crippen LogP) is 3.97. The highest BCUT2D eigenvalue weighted by atomic mass is 79.9. The number of hydrogen-bond acceptors (Lipinski definition) is 4. The number of esters is 1. The number of hydrogen-bond donors (Lipinski definition) is 1. The van der Waals surface area contributed by atoms with Crippen LogP contribution in [0.4, 0.5) is 5.69 Å². The lowest BCUT2D eigenvalue weighted by Crippen LogP contribution is -2.23. The molecule has 24 heavy (non-hydrogen) atoms. The second-order valence-corrected chi connectivity index (χ2v) is 6.26. The molecular weight excluding hydrogens is 398 g/mol. The monoisotopic (exact) mass is 411 g/mol. The highest BCUT2D eigenvalue weighted by Gasteiger charge is 2.10. The van der Waals surface area contributed by atoms with Gasteiger partial charge in [-0.25, -0.2) is 4.79 Å². The van der Waals surface area contributed by atoms with Crippen LogP contribution in [0.2, 0.25) is 5.02 Å². The molecule has 5 nitrogen and oxygen atoms in total. The van der Waals surface area contributed by atoms with Crippen molar-refractivity contribution in [1.29, 1.82) is 0 Å². The van der Waals surface area contributed by atoms with Gasteiger partial charge in [0.1, 0.15) is 5.75 Å². The minimum absolute atomic E-state index is 0.334. The SMILES string of the molecule is Cc1ccc(NC(=O)COC(=O)COc2ccc(Br)cc2Cl)cc1. The lowest BCUT2D eigenvalue weighted by atomic mass is 10.2. The first-order valence-corrected chi connectivity index (χ1v) is 8.21. The van der Waals surface area contributed by atoms with E-state index in [0.29, 0.717) is 16.5 Å². The number of amides is 1. The maximum Gasteiger partial charge on any atom is 0.344 e. The Morgan fingerprint density at radius 2 is 1.83 bits per heavy atom. The number of ether oxygens (including phenoxy) is 2. The van der Waals surface area contributed by atoms with Crippen LogP contribution in [0.5, 0.6) is 5.75 Å². The van der Waals surface area contributed by atoms with Crippen molar-refractivity contribution >= 4 is 45.1 Å². The van der Waals surface area contributed by atoms with Gasteiger partial charge in [0.25, 0.3) is 5.91 Å². The van der Waals surface area contributed by atoms with E-state index in [9.17, 15) is 9.59 Å². The van der Waals surface area contributed by atoms with Crippen molar-refractivity contribution < 1.29 is 19.1 Å². The van der Waals surface area contributed by atoms with Crippen LogP contribution in [-0.2, 0) is 14.3 Å². The van der Waals surface area contributed by atoms with Gasteiger partial charge >= 0.3 is 5.97 Å². The summed E-state index contributed by atoms with van der Waals surface area (Å²) in [5.41, 5.74) is 1.72. The second-order valence-electron chi connectivity index (χ2n) is 4.94. The maximum absolute atomic E-state index is 11.7. The highest BCUT2D eigenvalue weighted by molar-refractivity contribution is 9.10. The molecule has 0 fully saturated rings. The average molecular weight is 413 g/mol. The van der Waals surface area contributed by atoms with Crippen molar-refractivity contribution in [3.8, 4) is 5.75 Å². The van der Waals surface area contributed by atoms with Gasteiger partial charge in [-0.2, -0.15) is 0 Å². The number of carbonyl (C=O) groups is 2. The lowest BCUT2D eigenvalue weighted by molar-refractivity contribution is -0.149. The van der Waals surface area contributed by atoms with E-state index in [4.69, 9.17) is 21.1 Å². The van der Waals surface area contributed by atoms with E-state index in [1.54, 1.807) is 30.3 Å². The summed E-state index contributed by atoms with van der Waals surface area (Å²) in [4.78, 5) is 23.3. The predicted molar refractivity (Wildman–Crippen MR) is 95.4 cm³/mol. The summed E-state index contributed by atoms with van der Waals surface area (Å²) < 4.78 is 10.9. The summed E-state index contributed by atoms with van der Waals surface area (Å²) in [6, 6.07) is 12.3. The quantitative estimate of drug-likeness (QED) is 0.729. The minimum Gasteiger partial charge on any atom is -0.480 e. The van der Waals surface area contributed by atoms with Crippen molar-refractivity contribution in [2.75, 3.05) is 18.5 Å². The van der Waals surface area contributed by atoms with E-state index in [1.165, 1.54) is 0 Å². The van der Waals surface area contributed by atoms with Crippen molar-refractivity contribution in [1.82, 2.24) is 0 Å². The smallest absolute Gasteiger partial charge is 0.344 e. The molecule has 0 aliphatic heterocycles. The molecule has 0 atom stereocenters. The van der Waals surface area contributed by atoms with Crippen molar-refractivity contribution in [3.05, 3.63) is 57.5 Å². The number of halogens is 2. The molecule has 126 valence electrons. The van der Waals surface area contributed by atoms with Crippen LogP contribution in [0.15, 0.2) is 46.9 Å². The Kier molecular flexibility index (Phi) is 6.63. The third-order valence-corrected chi connectivity index (χ3v) is 3.73. The zero-order valence-corrected chi connectivity index (χ0v) is 15.2. The van der Waals surface area contributed by atoms with Gasteiger partial charge in [0.05, 0.1) is 5.02 Å². The van der Waals surface area contributed by atoms with E-state index in [2.05, 4.69) is 21.2 Å². The molecule has 1 N–H and O–H groups in total. The highest BCUT2D eigenvalue weighted by Crippen LogP contribution is 2.27. The summed E-state index contributed by atoms with van der Waals surface area (Å²) in [5, 5.41) is 3.00. The fourth-order valence-electron chi connectivity index (χ4n) is 1.75. The van der Waals surface area contributed by atoms with E-state index in [-0.39, 0.29) is 13.2 Å². The molecule has 1 amide bonds. The number of benzene rings is 2. The molecule has 0 radical (unpaired) electrons. The molecular formula is C17H15BrClNO4. The molecule has 0 heterocycles. The Labute approximate surface area is 153 Å². The number of nitrogens with one attached hydrogen (secondary N) is 1. The van der Waals surface area contributed by atoms with Crippen LogP contribution in [-0.4, -0.2) is 25.1 Å². The topological polar surface area (TPSA) is 64.6 Å². The van der Waals surface area contributed by atoms with Gasteiger partial charge in [-0.05, 0) is 37.3 Å². The van der Waals surface area contributed by atoms with Gasteiger partial charge in [-0.3, -0.25) is 4.79 Å². The van der Waals surface area contributed by atoms with Gasteiger partial charge in [0.2, 0.25) is 0 Å². The maximum atomic E-state index is 11.7. The molecule has 2 aromatic carbocycles. The standard InChI is InChI=1S/C17H15BrClNO4/c1-11-2-5-13(6-3-11)20-16(21)9-24-17(22)10-23-15-7-4-12(18)8-14(15)19/h2-8H,9-10H2,1H3,(H,20,21). The molecule has 0 bridgehead atoms. The van der Waals surface area contributed by atoms with Crippen LogP contribution in [0.25, 0.3) is 0 Å². The second kappa shape index (κ2) is 8.70. The first-order chi connectivity index (χ1) is 11.4. The first-order valence-electron chi connectivity index (χ1n) is 7.04. The fourth-order valence-corrected chi connectivity index (χ4v) is 2.48. The van der Waals surface area contributed by atoms with Crippen LogP contribution in [0.3, 0.4) is 0 Å². The number of aryl methyl sites for hydroxylation is 1. The number of carbonyl (C=O) groups excluding carboxylic acids is 2. The summed E-state index contributed by atoms with van der Waals surface area (Å²) in [5.74, 6) is -0.720. The summed E-state index contributed by atoms with van der Waals surface area (Å²) in [7, 11) is 0. The molecule has 0 aromatic heterocycles. The van der Waals surface area contributed by atoms with E-state index < -0.39 is 11.9 Å². The lowest BCUT2D eigenvalue weighted by Gasteiger charge is -2.09. The molecule has 0 aliphatic rings. The molecule has 0 aliphatic carbocycles. The molecule has 0 saturated heterocycles. The fraction of sp³-hybridized carbons (Fsp3) is 0.176. The molecule has 0 unspecified atom stereocenters. The molecule has 2 aromatic rings. The Hall–Kier alpha value is -2.05. The van der Waals surface area contributed by atoms with Gasteiger partial charge in [-0.1, -0.05) is 45.2 Å². The van der Waals surface area contributed by atoms with Gasteiger partial charge in [0.15, 0.2) is 13.2 Å². The van der Waals surface area contributed by atoms with Crippen LogP contribution in [0, 0.1) is 6.92 Å². The zero-order valence-electron chi connectivity index (χ0n) is 12.8. The third kappa shape index (κ3) is 5.86. The molecule has 7 heteroatoms. The van der Waals surface area contributed by atoms with Crippen LogP contribution in [0.1, 0.15) is 5.56 Å². The van der Waals surface area contributed by atoms with Crippen LogP contribution < -0.4 is 10.1 Å². The number of rotatable bonds is 6. The average Bonchev–Trinajstić information content (AvgIpc) is 2.54. The molecule has 0 spiro atoms. The first kappa shape index (κ1) is 18.3. The van der Waals surface area contributed by atoms with Crippen molar-refractivity contribution in [2.24, 2.45) is 0 Å². The minimum atomic E-state index is -0.659. The number of anilines is 1. The summed E-state index contributed by atoms with van der Waals surface area (Å²) >= 11 is 9.24. The largest absolute Gasteiger partial charge is 0.480 e. The van der Waals surface area contributed by atoms with Gasteiger partial charge in [0, 0.05) is 10.2 Å². The Bertz CT molecular complexity index is 734. The Balaban J connectivity index is 1.74. The molecule has 0 saturated carbocycles. The normalized spacial score (nSPS) is 10.1. The third-order valence-electron chi connectivity index (χ3n) is 2.94. The van der Waals surface area contributed by atoms with E-state index >= 15 is 0 Å². The van der Waals surface area contributed by atoms with Crippen molar-refractivity contribution in [2.45, 2.75) is 6.92 Å². The Morgan fingerprint density at radius 3 is 2.50 bits per heavy atom. The summed E-state index contributed by atoms with van der Waals surface area (Å²) in [6.45, 7) is 1.23. The van der Waals surface area contributed by atoms with E-state index in [1.807, 2.05) is 19.1 Å². The van der Waals surface area contributed by atoms with Gasteiger partial charge in [-0.15, -0.1) is 0 Å². The zero-order chi connectivity index (χ0) is 17.5. The van der Waals surface area contributed by atoms with Gasteiger partial charge < -0.3 is 14.8 Å². The Morgan fingerprint density at radius 1 is 1.12 bits per heavy atom.